The van der Waals surface area contributed by atoms with Gasteiger partial charge < -0.3 is 4.90 Å². The number of fused-ring (bicyclic) bond motifs is 1. The first-order valence-corrected chi connectivity index (χ1v) is 7.58. The first-order chi connectivity index (χ1) is 10.2. The van der Waals surface area contributed by atoms with Crippen LogP contribution in [0.1, 0.15) is 24.8 Å². The molecule has 2 saturated heterocycles. The maximum Gasteiger partial charge on any atom is 0.223 e. The van der Waals surface area contributed by atoms with Crippen LogP contribution in [0.3, 0.4) is 0 Å². The number of carbonyl (C=O) groups is 1. The van der Waals surface area contributed by atoms with Gasteiger partial charge in [-0.3, -0.25) is 9.69 Å². The molecule has 2 atom stereocenters. The summed E-state index contributed by atoms with van der Waals surface area (Å²) in [7, 11) is 0. The van der Waals surface area contributed by atoms with Crippen molar-refractivity contribution in [2.75, 3.05) is 13.1 Å². The van der Waals surface area contributed by atoms with Gasteiger partial charge in [-0.25, -0.2) is 4.39 Å². The van der Waals surface area contributed by atoms with E-state index in [0.29, 0.717) is 25.0 Å². The van der Waals surface area contributed by atoms with Gasteiger partial charge in [-0.05, 0) is 30.5 Å². The molecule has 4 heteroatoms. The minimum atomic E-state index is -0.196. The number of halogens is 1. The lowest BCUT2D eigenvalue weighted by Crippen LogP contribution is -2.52. The molecule has 1 amide bonds. The van der Waals surface area contributed by atoms with E-state index < -0.39 is 0 Å². The van der Waals surface area contributed by atoms with Crippen molar-refractivity contribution in [3.63, 3.8) is 0 Å². The highest BCUT2D eigenvalue weighted by atomic mass is 19.1. The van der Waals surface area contributed by atoms with Crippen LogP contribution in [-0.4, -0.2) is 40.9 Å². The van der Waals surface area contributed by atoms with Crippen molar-refractivity contribution in [2.24, 2.45) is 0 Å². The Hall–Kier alpha value is -1.68. The average molecular weight is 288 g/mol. The van der Waals surface area contributed by atoms with Gasteiger partial charge in [0, 0.05) is 38.1 Å². The number of rotatable bonds is 4. The van der Waals surface area contributed by atoms with Crippen molar-refractivity contribution in [3.05, 3.63) is 48.3 Å². The largest absolute Gasteiger partial charge is 0.334 e. The molecule has 0 aromatic heterocycles. The highest BCUT2D eigenvalue weighted by Gasteiger charge is 2.42. The molecule has 21 heavy (non-hydrogen) atoms. The number of amides is 1. The molecule has 0 N–H and O–H groups in total. The summed E-state index contributed by atoms with van der Waals surface area (Å²) in [5.41, 5.74) is 1.13. The van der Waals surface area contributed by atoms with Crippen molar-refractivity contribution < 1.29 is 9.18 Å². The molecule has 0 saturated carbocycles. The van der Waals surface area contributed by atoms with E-state index in [9.17, 15) is 9.18 Å². The maximum absolute atomic E-state index is 13.0. The lowest BCUT2D eigenvalue weighted by atomic mass is 9.96. The summed E-state index contributed by atoms with van der Waals surface area (Å²) in [6.07, 6.45) is 4.38. The standard InChI is InChI=1S/C17H21FN2O/c1-2-10-20-16-9-11-19(15(16)7-8-17(20)21)12-13-3-5-14(18)6-4-13/h2-6,15-16H,1,7-12H2/t15-,16-/m0/s1. The molecule has 2 heterocycles. The monoisotopic (exact) mass is 288 g/mol. The minimum Gasteiger partial charge on any atom is -0.334 e. The highest BCUT2D eigenvalue weighted by molar-refractivity contribution is 5.78. The Kier molecular flexibility index (Phi) is 4.06. The van der Waals surface area contributed by atoms with Gasteiger partial charge in [0.05, 0.1) is 0 Å². The molecule has 3 rings (SSSR count). The second kappa shape index (κ2) is 5.98. The van der Waals surface area contributed by atoms with Crippen LogP contribution >= 0.6 is 0 Å². The van der Waals surface area contributed by atoms with Gasteiger partial charge in [-0.15, -0.1) is 6.58 Å². The maximum atomic E-state index is 13.0. The lowest BCUT2D eigenvalue weighted by Gasteiger charge is -2.39. The van der Waals surface area contributed by atoms with E-state index >= 15 is 0 Å². The summed E-state index contributed by atoms with van der Waals surface area (Å²) in [5.74, 6) is 0.0539. The molecule has 1 aromatic carbocycles. The highest BCUT2D eigenvalue weighted by Crippen LogP contribution is 2.32. The van der Waals surface area contributed by atoms with Gasteiger partial charge in [0.15, 0.2) is 0 Å². The zero-order chi connectivity index (χ0) is 14.8. The molecule has 0 unspecified atom stereocenters. The molecule has 3 nitrogen and oxygen atoms in total. The van der Waals surface area contributed by atoms with E-state index in [2.05, 4.69) is 11.5 Å². The van der Waals surface area contributed by atoms with Gasteiger partial charge in [0.1, 0.15) is 5.82 Å². The third-order valence-electron chi connectivity index (χ3n) is 4.62. The van der Waals surface area contributed by atoms with Gasteiger partial charge >= 0.3 is 0 Å². The third kappa shape index (κ3) is 2.86. The van der Waals surface area contributed by atoms with Crippen molar-refractivity contribution in [2.45, 2.75) is 37.9 Å². The fourth-order valence-electron chi connectivity index (χ4n) is 3.64. The van der Waals surface area contributed by atoms with Crippen LogP contribution < -0.4 is 0 Å². The first kappa shape index (κ1) is 14.3. The van der Waals surface area contributed by atoms with Crippen LogP contribution in [0.4, 0.5) is 4.39 Å². The second-order valence-corrected chi connectivity index (χ2v) is 5.89. The Labute approximate surface area is 125 Å². The van der Waals surface area contributed by atoms with E-state index in [0.717, 1.165) is 31.5 Å². The zero-order valence-corrected chi connectivity index (χ0v) is 12.2. The van der Waals surface area contributed by atoms with Crippen molar-refractivity contribution in [3.8, 4) is 0 Å². The lowest BCUT2D eigenvalue weighted by molar-refractivity contribution is -0.136. The summed E-state index contributed by atoms with van der Waals surface area (Å²) in [4.78, 5) is 16.5. The molecule has 0 bridgehead atoms. The molecular formula is C17H21FN2O. The Morgan fingerprint density at radius 1 is 1.24 bits per heavy atom. The van der Waals surface area contributed by atoms with E-state index in [1.807, 2.05) is 23.1 Å². The van der Waals surface area contributed by atoms with Crippen LogP contribution in [0.15, 0.2) is 36.9 Å². The number of carbonyl (C=O) groups excluding carboxylic acids is 1. The Morgan fingerprint density at radius 3 is 2.71 bits per heavy atom. The molecule has 0 spiro atoms. The van der Waals surface area contributed by atoms with Crippen molar-refractivity contribution >= 4 is 5.91 Å². The molecule has 2 fully saturated rings. The number of hydrogen-bond donors (Lipinski definition) is 0. The van der Waals surface area contributed by atoms with E-state index in [1.54, 1.807) is 0 Å². The minimum absolute atomic E-state index is 0.196. The summed E-state index contributed by atoms with van der Waals surface area (Å²) < 4.78 is 13.0. The number of piperidine rings is 1. The Balaban J connectivity index is 1.70. The fraction of sp³-hybridized carbons (Fsp3) is 0.471. The summed E-state index contributed by atoms with van der Waals surface area (Å²) in [5, 5.41) is 0. The number of hydrogen-bond acceptors (Lipinski definition) is 2. The van der Waals surface area contributed by atoms with Gasteiger partial charge in [-0.2, -0.15) is 0 Å². The smallest absolute Gasteiger partial charge is 0.223 e. The van der Waals surface area contributed by atoms with Crippen LogP contribution in [0.5, 0.6) is 0 Å². The van der Waals surface area contributed by atoms with Gasteiger partial charge in [-0.1, -0.05) is 18.2 Å². The average Bonchev–Trinajstić information content (AvgIpc) is 2.88. The molecular weight excluding hydrogens is 267 g/mol. The second-order valence-electron chi connectivity index (χ2n) is 5.89. The molecule has 1 aromatic rings. The topological polar surface area (TPSA) is 23.6 Å². The van der Waals surface area contributed by atoms with E-state index in [-0.39, 0.29) is 11.7 Å². The molecule has 2 aliphatic rings. The number of likely N-dealkylation sites (tertiary alicyclic amines) is 2. The van der Waals surface area contributed by atoms with Crippen LogP contribution in [0, 0.1) is 5.82 Å². The van der Waals surface area contributed by atoms with Crippen molar-refractivity contribution in [1.29, 1.82) is 0 Å². The quantitative estimate of drug-likeness (QED) is 0.795. The van der Waals surface area contributed by atoms with Crippen LogP contribution in [0.25, 0.3) is 0 Å². The van der Waals surface area contributed by atoms with Gasteiger partial charge in [0.2, 0.25) is 5.91 Å². The first-order valence-electron chi connectivity index (χ1n) is 7.58. The molecule has 2 aliphatic heterocycles. The van der Waals surface area contributed by atoms with Gasteiger partial charge in [0.25, 0.3) is 0 Å². The van der Waals surface area contributed by atoms with Crippen LogP contribution in [-0.2, 0) is 11.3 Å². The number of benzene rings is 1. The fourth-order valence-corrected chi connectivity index (χ4v) is 3.64. The normalized spacial score (nSPS) is 26.0. The SMILES string of the molecule is C=CCN1C(=O)CC[C@H]2[C@@H]1CCN2Cc1ccc(F)cc1. The van der Waals surface area contributed by atoms with E-state index in [1.165, 1.54) is 12.1 Å². The van der Waals surface area contributed by atoms with Crippen LogP contribution in [0.2, 0.25) is 0 Å². The number of nitrogens with zero attached hydrogens (tertiary/aromatic N) is 2. The third-order valence-corrected chi connectivity index (χ3v) is 4.62. The summed E-state index contributed by atoms with van der Waals surface area (Å²) in [6.45, 7) is 6.22. The Bertz CT molecular complexity index is 528. The molecule has 0 aliphatic carbocycles. The molecule has 112 valence electrons. The Morgan fingerprint density at radius 2 is 2.00 bits per heavy atom. The summed E-state index contributed by atoms with van der Waals surface area (Å²) >= 11 is 0. The zero-order valence-electron chi connectivity index (χ0n) is 12.2. The van der Waals surface area contributed by atoms with E-state index in [4.69, 9.17) is 0 Å². The van der Waals surface area contributed by atoms with Crippen molar-refractivity contribution in [1.82, 2.24) is 9.80 Å². The molecule has 0 radical (unpaired) electrons. The summed E-state index contributed by atoms with van der Waals surface area (Å²) in [6, 6.07) is 7.45. The predicted octanol–water partition coefficient (Wildman–Crippen LogP) is 2.58. The predicted molar refractivity (Wildman–Crippen MR) is 80.1 cm³/mol.